The van der Waals surface area contributed by atoms with Crippen LogP contribution in [0.3, 0.4) is 0 Å². The number of ether oxygens (including phenoxy) is 2. The molecule has 31 heavy (non-hydrogen) atoms. The number of likely N-dealkylation sites (tertiary alicyclic amines) is 1. The normalized spacial score (nSPS) is 20.1. The molecule has 0 spiro atoms. The summed E-state index contributed by atoms with van der Waals surface area (Å²) >= 11 is 0. The van der Waals surface area contributed by atoms with E-state index in [-0.39, 0.29) is 43.4 Å². The van der Waals surface area contributed by atoms with Gasteiger partial charge in [0.2, 0.25) is 18.6 Å². The van der Waals surface area contributed by atoms with Gasteiger partial charge in [-0.2, -0.15) is 0 Å². The molecule has 5 amide bonds. The van der Waals surface area contributed by atoms with Crippen molar-refractivity contribution >= 4 is 29.4 Å². The number of hydrogen-bond acceptors (Lipinski definition) is 6. The number of anilines is 1. The molecule has 0 saturated carbocycles. The van der Waals surface area contributed by atoms with Crippen LogP contribution in [0.5, 0.6) is 11.5 Å². The van der Waals surface area contributed by atoms with Crippen LogP contribution in [0.25, 0.3) is 0 Å². The Balaban J connectivity index is 1.24. The lowest BCUT2D eigenvalue weighted by molar-refractivity contribution is -0.135. The molecule has 2 fully saturated rings. The minimum Gasteiger partial charge on any atom is -0.454 e. The summed E-state index contributed by atoms with van der Waals surface area (Å²) in [5.74, 6) is 0.520. The number of fused-ring (bicyclic) bond motifs is 1. The molecule has 0 atom stereocenters. The third-order valence-electron chi connectivity index (χ3n) is 5.85. The van der Waals surface area contributed by atoms with Crippen LogP contribution in [-0.4, -0.2) is 65.5 Å². The molecule has 1 aromatic rings. The Labute approximate surface area is 179 Å². The Morgan fingerprint density at radius 3 is 2.55 bits per heavy atom. The van der Waals surface area contributed by atoms with Gasteiger partial charge in [-0.05, 0) is 38.8 Å². The molecule has 3 aliphatic rings. The molecule has 0 bridgehead atoms. The molecule has 10 heteroatoms. The highest BCUT2D eigenvalue weighted by Crippen LogP contribution is 2.34. The summed E-state index contributed by atoms with van der Waals surface area (Å²) in [6.45, 7) is 4.42. The van der Waals surface area contributed by atoms with Crippen molar-refractivity contribution in [3.8, 4) is 11.5 Å². The second-order valence-electron chi connectivity index (χ2n) is 8.47. The van der Waals surface area contributed by atoms with Gasteiger partial charge in [0.15, 0.2) is 11.5 Å². The molecule has 1 aromatic carbocycles. The number of benzene rings is 1. The van der Waals surface area contributed by atoms with E-state index >= 15 is 0 Å². The molecule has 3 heterocycles. The molecule has 0 unspecified atom stereocenters. The number of piperidine rings is 1. The number of urea groups is 1. The first-order chi connectivity index (χ1) is 14.7. The number of nitrogens with one attached hydrogen (secondary N) is 2. The van der Waals surface area contributed by atoms with Crippen LogP contribution in [-0.2, 0) is 14.4 Å². The van der Waals surface area contributed by atoms with E-state index in [0.717, 1.165) is 4.90 Å². The third kappa shape index (κ3) is 4.28. The van der Waals surface area contributed by atoms with Gasteiger partial charge in [-0.1, -0.05) is 0 Å². The molecule has 0 radical (unpaired) electrons. The summed E-state index contributed by atoms with van der Waals surface area (Å²) in [5, 5.41) is 5.50. The molecule has 10 nitrogen and oxygen atoms in total. The van der Waals surface area contributed by atoms with Gasteiger partial charge in [-0.3, -0.25) is 19.3 Å². The van der Waals surface area contributed by atoms with Crippen molar-refractivity contribution in [3.63, 3.8) is 0 Å². The molecule has 4 rings (SSSR count). The molecule has 0 aromatic heterocycles. The first kappa shape index (κ1) is 21.0. The van der Waals surface area contributed by atoms with E-state index in [0.29, 0.717) is 43.1 Å². The van der Waals surface area contributed by atoms with E-state index in [1.807, 2.05) is 0 Å². The number of amides is 5. The highest BCUT2D eigenvalue weighted by atomic mass is 16.7. The second-order valence-corrected chi connectivity index (χ2v) is 8.47. The van der Waals surface area contributed by atoms with E-state index in [1.165, 1.54) is 0 Å². The molecule has 2 saturated heterocycles. The van der Waals surface area contributed by atoms with Crippen molar-refractivity contribution in [3.05, 3.63) is 18.2 Å². The van der Waals surface area contributed by atoms with Gasteiger partial charge in [-0.25, -0.2) is 4.79 Å². The topological polar surface area (TPSA) is 117 Å². The van der Waals surface area contributed by atoms with E-state index < -0.39 is 11.6 Å². The van der Waals surface area contributed by atoms with E-state index in [4.69, 9.17) is 9.47 Å². The van der Waals surface area contributed by atoms with Gasteiger partial charge in [0.1, 0.15) is 5.54 Å². The Morgan fingerprint density at radius 2 is 1.87 bits per heavy atom. The smallest absolute Gasteiger partial charge is 0.325 e. The van der Waals surface area contributed by atoms with Gasteiger partial charge < -0.3 is 25.0 Å². The fourth-order valence-corrected chi connectivity index (χ4v) is 4.00. The number of rotatable bonds is 5. The summed E-state index contributed by atoms with van der Waals surface area (Å²) in [4.78, 5) is 52.1. The van der Waals surface area contributed by atoms with Crippen molar-refractivity contribution < 1.29 is 28.7 Å². The maximum Gasteiger partial charge on any atom is 0.325 e. The van der Waals surface area contributed by atoms with Gasteiger partial charge in [-0.15, -0.1) is 0 Å². The molecular weight excluding hydrogens is 404 g/mol. The lowest BCUT2D eigenvalue weighted by Crippen LogP contribution is -2.43. The van der Waals surface area contributed by atoms with Crippen LogP contribution in [0.2, 0.25) is 0 Å². The lowest BCUT2D eigenvalue weighted by atomic mass is 9.95. The standard InChI is InChI=1S/C21H26N4O6/c1-21(2)19(28)25(20(29)23-21)10-7-17(26)24-8-5-13(6-9-24)18(27)22-14-3-4-15-16(11-14)31-12-30-15/h3-4,11,13H,5-10,12H2,1-2H3,(H,22,27)(H,23,29). The van der Waals surface area contributed by atoms with Gasteiger partial charge in [0.05, 0.1) is 0 Å². The Morgan fingerprint density at radius 1 is 1.16 bits per heavy atom. The van der Waals surface area contributed by atoms with Crippen molar-refractivity contribution in [1.29, 1.82) is 0 Å². The fraction of sp³-hybridized carbons (Fsp3) is 0.524. The molecule has 3 aliphatic heterocycles. The van der Waals surface area contributed by atoms with Crippen LogP contribution in [0.15, 0.2) is 18.2 Å². The first-order valence-corrected chi connectivity index (χ1v) is 10.4. The summed E-state index contributed by atoms with van der Waals surface area (Å²) in [6.07, 6.45) is 1.18. The predicted molar refractivity (Wildman–Crippen MR) is 109 cm³/mol. The Kier molecular flexibility index (Phi) is 5.47. The molecule has 0 aliphatic carbocycles. The fourth-order valence-electron chi connectivity index (χ4n) is 4.00. The zero-order chi connectivity index (χ0) is 22.2. The maximum absolute atomic E-state index is 12.6. The summed E-state index contributed by atoms with van der Waals surface area (Å²) < 4.78 is 10.6. The van der Waals surface area contributed by atoms with E-state index in [1.54, 1.807) is 36.9 Å². The zero-order valence-corrected chi connectivity index (χ0v) is 17.6. The number of hydrogen-bond donors (Lipinski definition) is 2. The second kappa shape index (κ2) is 8.09. The van der Waals surface area contributed by atoms with Crippen molar-refractivity contribution in [1.82, 2.24) is 15.1 Å². The number of imide groups is 1. The summed E-state index contributed by atoms with van der Waals surface area (Å²) in [7, 11) is 0. The first-order valence-electron chi connectivity index (χ1n) is 10.4. The van der Waals surface area contributed by atoms with Crippen LogP contribution >= 0.6 is 0 Å². The Bertz CT molecular complexity index is 922. The SMILES string of the molecule is CC1(C)NC(=O)N(CCC(=O)N2CCC(C(=O)Nc3ccc4c(c3)OCO4)CC2)C1=O. The van der Waals surface area contributed by atoms with Crippen molar-refractivity contribution in [2.75, 3.05) is 31.7 Å². The van der Waals surface area contributed by atoms with Gasteiger partial charge in [0.25, 0.3) is 5.91 Å². The maximum atomic E-state index is 12.6. The highest BCUT2D eigenvalue weighted by Gasteiger charge is 2.44. The van der Waals surface area contributed by atoms with Crippen LogP contribution in [0.1, 0.15) is 33.1 Å². The van der Waals surface area contributed by atoms with E-state index in [9.17, 15) is 19.2 Å². The molecule has 2 N–H and O–H groups in total. The van der Waals surface area contributed by atoms with E-state index in [2.05, 4.69) is 10.6 Å². The van der Waals surface area contributed by atoms with Gasteiger partial charge >= 0.3 is 6.03 Å². The minimum atomic E-state index is -0.941. The number of carbonyl (C=O) groups is 4. The highest BCUT2D eigenvalue weighted by molar-refractivity contribution is 6.06. The lowest BCUT2D eigenvalue weighted by Gasteiger charge is -2.31. The van der Waals surface area contributed by atoms with Crippen LogP contribution < -0.4 is 20.1 Å². The molecule has 166 valence electrons. The quantitative estimate of drug-likeness (QED) is 0.681. The average Bonchev–Trinajstić information content (AvgIpc) is 3.28. The number of nitrogens with zero attached hydrogens (tertiary/aromatic N) is 2. The number of carbonyl (C=O) groups excluding carboxylic acids is 4. The van der Waals surface area contributed by atoms with Gasteiger partial charge in [0, 0.05) is 43.7 Å². The Hall–Kier alpha value is -3.30. The minimum absolute atomic E-state index is 0.0530. The largest absolute Gasteiger partial charge is 0.454 e. The molecular formula is C21H26N4O6. The van der Waals surface area contributed by atoms with Crippen molar-refractivity contribution in [2.24, 2.45) is 5.92 Å². The third-order valence-corrected chi connectivity index (χ3v) is 5.85. The predicted octanol–water partition coefficient (Wildman–Crippen LogP) is 1.31. The van der Waals surface area contributed by atoms with Crippen LogP contribution in [0.4, 0.5) is 10.5 Å². The average molecular weight is 430 g/mol. The monoisotopic (exact) mass is 430 g/mol. The van der Waals surface area contributed by atoms with Crippen LogP contribution in [0, 0.1) is 5.92 Å². The zero-order valence-electron chi connectivity index (χ0n) is 17.6. The van der Waals surface area contributed by atoms with Crippen molar-refractivity contribution in [2.45, 2.75) is 38.6 Å². The summed E-state index contributed by atoms with van der Waals surface area (Å²) in [5.41, 5.74) is -0.298. The summed E-state index contributed by atoms with van der Waals surface area (Å²) in [6, 6.07) is 4.78.